The van der Waals surface area contributed by atoms with Gasteiger partial charge in [-0.3, -0.25) is 0 Å². The van der Waals surface area contributed by atoms with Crippen molar-refractivity contribution in [1.29, 1.82) is 0 Å². The second-order valence-corrected chi connectivity index (χ2v) is 6.48. The van der Waals surface area contributed by atoms with Crippen LogP contribution in [0, 0.1) is 5.92 Å². The average molecular weight is 286 g/mol. The minimum atomic E-state index is -0.446. The zero-order valence-electron chi connectivity index (χ0n) is 13.3. The first-order valence-corrected chi connectivity index (χ1v) is 7.68. The molecule has 1 amide bonds. The molecule has 118 valence electrons. The lowest BCUT2D eigenvalue weighted by molar-refractivity contribution is 0.0500. The van der Waals surface area contributed by atoms with Gasteiger partial charge in [0.25, 0.3) is 0 Å². The van der Waals surface area contributed by atoms with Gasteiger partial charge in [0.2, 0.25) is 0 Å². The van der Waals surface area contributed by atoms with Crippen LogP contribution in [0.2, 0.25) is 0 Å². The zero-order chi connectivity index (χ0) is 15.0. The Morgan fingerprint density at radius 1 is 1.45 bits per heavy atom. The predicted octanol–water partition coefficient (Wildman–Crippen LogP) is 2.31. The lowest BCUT2D eigenvalue weighted by Gasteiger charge is -2.26. The smallest absolute Gasteiger partial charge is 0.407 e. The summed E-state index contributed by atoms with van der Waals surface area (Å²) in [5, 5.41) is 6.33. The van der Waals surface area contributed by atoms with Crippen LogP contribution >= 0.6 is 0 Å². The molecule has 1 aliphatic rings. The van der Waals surface area contributed by atoms with Gasteiger partial charge < -0.3 is 20.1 Å². The number of nitrogens with one attached hydrogen (secondary N) is 2. The van der Waals surface area contributed by atoms with Crippen molar-refractivity contribution >= 4 is 6.09 Å². The Labute approximate surface area is 122 Å². The van der Waals surface area contributed by atoms with E-state index in [0.717, 1.165) is 32.6 Å². The van der Waals surface area contributed by atoms with Crippen LogP contribution in [0.15, 0.2) is 0 Å². The summed E-state index contributed by atoms with van der Waals surface area (Å²) in [5.41, 5.74) is -0.446. The van der Waals surface area contributed by atoms with Crippen molar-refractivity contribution in [1.82, 2.24) is 10.6 Å². The van der Waals surface area contributed by atoms with Crippen LogP contribution in [0.5, 0.6) is 0 Å². The van der Waals surface area contributed by atoms with Crippen molar-refractivity contribution in [3.05, 3.63) is 0 Å². The highest BCUT2D eigenvalue weighted by atomic mass is 16.6. The van der Waals surface area contributed by atoms with Crippen LogP contribution in [-0.4, -0.2) is 44.0 Å². The largest absolute Gasteiger partial charge is 0.444 e. The molecule has 1 rings (SSSR count). The summed E-state index contributed by atoms with van der Waals surface area (Å²) < 4.78 is 10.7. The standard InChI is InChI=1S/C15H30N2O3/c1-5-13(10-17-14(18)20-15(2,3)4)16-9-12-7-6-8-19-11-12/h12-13,16H,5-11H2,1-4H3,(H,17,18). The van der Waals surface area contributed by atoms with E-state index >= 15 is 0 Å². The topological polar surface area (TPSA) is 59.6 Å². The van der Waals surface area contributed by atoms with Crippen LogP contribution in [0.4, 0.5) is 4.79 Å². The van der Waals surface area contributed by atoms with E-state index in [0.29, 0.717) is 12.5 Å². The highest BCUT2D eigenvalue weighted by Crippen LogP contribution is 2.12. The molecule has 1 fully saturated rings. The van der Waals surface area contributed by atoms with Gasteiger partial charge in [-0.05, 0) is 46.0 Å². The SMILES string of the molecule is CCC(CNC(=O)OC(C)(C)C)NCC1CCCOC1. The third-order valence-corrected chi connectivity index (χ3v) is 3.33. The molecule has 1 heterocycles. The van der Waals surface area contributed by atoms with E-state index in [4.69, 9.17) is 9.47 Å². The summed E-state index contributed by atoms with van der Waals surface area (Å²) in [7, 11) is 0. The molecule has 0 bridgehead atoms. The number of amides is 1. The molecule has 2 N–H and O–H groups in total. The Bertz CT molecular complexity index is 283. The number of carbonyl (C=O) groups is 1. The van der Waals surface area contributed by atoms with Crippen molar-refractivity contribution in [3.8, 4) is 0 Å². The molecule has 5 nitrogen and oxygen atoms in total. The molecule has 1 aliphatic heterocycles. The molecule has 0 aromatic heterocycles. The first kappa shape index (κ1) is 17.2. The van der Waals surface area contributed by atoms with Gasteiger partial charge in [0.1, 0.15) is 5.60 Å². The Balaban J connectivity index is 2.20. The number of alkyl carbamates (subject to hydrolysis) is 1. The zero-order valence-corrected chi connectivity index (χ0v) is 13.3. The number of rotatable bonds is 6. The van der Waals surface area contributed by atoms with Crippen LogP contribution in [-0.2, 0) is 9.47 Å². The van der Waals surface area contributed by atoms with Crippen molar-refractivity contribution < 1.29 is 14.3 Å². The van der Waals surface area contributed by atoms with Gasteiger partial charge in [-0.25, -0.2) is 4.79 Å². The lowest BCUT2D eigenvalue weighted by Crippen LogP contribution is -2.44. The number of hydrogen-bond donors (Lipinski definition) is 2. The van der Waals surface area contributed by atoms with Gasteiger partial charge >= 0.3 is 6.09 Å². The molecule has 1 saturated heterocycles. The van der Waals surface area contributed by atoms with Crippen LogP contribution in [0.25, 0.3) is 0 Å². The molecule has 2 atom stereocenters. The van der Waals surface area contributed by atoms with E-state index in [9.17, 15) is 4.79 Å². The van der Waals surface area contributed by atoms with E-state index in [1.165, 1.54) is 6.42 Å². The average Bonchev–Trinajstić information content (AvgIpc) is 2.38. The van der Waals surface area contributed by atoms with E-state index < -0.39 is 5.60 Å². The van der Waals surface area contributed by atoms with Crippen LogP contribution in [0.3, 0.4) is 0 Å². The first-order valence-electron chi connectivity index (χ1n) is 7.68. The Kier molecular flexibility index (Phi) is 7.30. The monoisotopic (exact) mass is 286 g/mol. The van der Waals surface area contributed by atoms with Gasteiger partial charge in [-0.1, -0.05) is 6.92 Å². The molecule has 20 heavy (non-hydrogen) atoms. The summed E-state index contributed by atoms with van der Waals surface area (Å²) >= 11 is 0. The maximum absolute atomic E-state index is 11.6. The third kappa shape index (κ3) is 7.70. The normalized spacial score (nSPS) is 21.3. The fourth-order valence-corrected chi connectivity index (χ4v) is 2.18. The number of hydrogen-bond acceptors (Lipinski definition) is 4. The van der Waals surface area contributed by atoms with E-state index in [2.05, 4.69) is 17.6 Å². The second kappa shape index (κ2) is 8.47. The molecule has 0 saturated carbocycles. The number of ether oxygens (including phenoxy) is 2. The van der Waals surface area contributed by atoms with Gasteiger partial charge in [0.05, 0.1) is 6.61 Å². The van der Waals surface area contributed by atoms with E-state index in [1.54, 1.807) is 0 Å². The van der Waals surface area contributed by atoms with E-state index in [-0.39, 0.29) is 12.1 Å². The molecule has 5 heteroatoms. The molecule has 0 radical (unpaired) electrons. The van der Waals surface area contributed by atoms with Crippen LogP contribution in [0.1, 0.15) is 47.0 Å². The van der Waals surface area contributed by atoms with Gasteiger partial charge in [-0.15, -0.1) is 0 Å². The fourth-order valence-electron chi connectivity index (χ4n) is 2.18. The molecule has 0 aliphatic carbocycles. The summed E-state index contributed by atoms with van der Waals surface area (Å²) in [6.07, 6.45) is 3.00. The molecular formula is C15H30N2O3. The lowest BCUT2D eigenvalue weighted by atomic mass is 10.0. The summed E-state index contributed by atoms with van der Waals surface area (Å²) in [6, 6.07) is 0.282. The Morgan fingerprint density at radius 3 is 2.75 bits per heavy atom. The molecule has 2 unspecified atom stereocenters. The summed E-state index contributed by atoms with van der Waals surface area (Å²) in [4.78, 5) is 11.6. The predicted molar refractivity (Wildman–Crippen MR) is 79.9 cm³/mol. The third-order valence-electron chi connectivity index (χ3n) is 3.33. The molecule has 0 aromatic rings. The minimum absolute atomic E-state index is 0.282. The van der Waals surface area contributed by atoms with Crippen molar-refractivity contribution in [2.24, 2.45) is 5.92 Å². The highest BCUT2D eigenvalue weighted by molar-refractivity contribution is 5.67. The molecule has 0 aromatic carbocycles. The van der Waals surface area contributed by atoms with E-state index in [1.807, 2.05) is 20.8 Å². The van der Waals surface area contributed by atoms with Gasteiger partial charge in [-0.2, -0.15) is 0 Å². The van der Waals surface area contributed by atoms with Gasteiger partial charge in [0.15, 0.2) is 0 Å². The van der Waals surface area contributed by atoms with Crippen molar-refractivity contribution in [3.63, 3.8) is 0 Å². The molecule has 0 spiro atoms. The number of carbonyl (C=O) groups excluding carboxylic acids is 1. The molecular weight excluding hydrogens is 256 g/mol. The van der Waals surface area contributed by atoms with Crippen molar-refractivity contribution in [2.75, 3.05) is 26.3 Å². The summed E-state index contributed by atoms with van der Waals surface area (Å²) in [5.74, 6) is 0.597. The quantitative estimate of drug-likeness (QED) is 0.786. The second-order valence-electron chi connectivity index (χ2n) is 6.48. The van der Waals surface area contributed by atoms with Gasteiger partial charge in [0, 0.05) is 25.7 Å². The first-order chi connectivity index (χ1) is 9.40. The maximum atomic E-state index is 11.6. The van der Waals surface area contributed by atoms with Crippen LogP contribution < -0.4 is 10.6 Å². The Morgan fingerprint density at radius 2 is 2.20 bits per heavy atom. The summed E-state index contributed by atoms with van der Waals surface area (Å²) in [6.45, 7) is 11.0. The Hall–Kier alpha value is -0.810. The maximum Gasteiger partial charge on any atom is 0.407 e. The minimum Gasteiger partial charge on any atom is -0.444 e. The highest BCUT2D eigenvalue weighted by Gasteiger charge is 2.18. The van der Waals surface area contributed by atoms with Crippen molar-refractivity contribution in [2.45, 2.75) is 58.6 Å². The fraction of sp³-hybridized carbons (Fsp3) is 0.933.